The molecular formula is C11H25NO2. The second-order valence-corrected chi connectivity index (χ2v) is 4.49. The second-order valence-electron chi connectivity index (χ2n) is 4.49. The van der Waals surface area contributed by atoms with E-state index in [1.165, 1.54) is 0 Å². The molecule has 0 spiro atoms. The molecule has 3 heteroatoms. The smallest absolute Gasteiger partial charge is 0.0674 e. The monoisotopic (exact) mass is 203 g/mol. The first-order valence-corrected chi connectivity index (χ1v) is 5.45. The summed E-state index contributed by atoms with van der Waals surface area (Å²) >= 11 is 0. The Morgan fingerprint density at radius 3 is 1.43 bits per heavy atom. The van der Waals surface area contributed by atoms with Crippen molar-refractivity contribution < 1.29 is 10.2 Å². The number of nitrogens with zero attached hydrogens (tertiary/aromatic N) is 1. The quantitative estimate of drug-likeness (QED) is 0.682. The van der Waals surface area contributed by atoms with Crippen LogP contribution in [0, 0.1) is 0 Å². The molecule has 0 saturated carbocycles. The van der Waals surface area contributed by atoms with E-state index in [0.717, 1.165) is 6.42 Å². The van der Waals surface area contributed by atoms with Gasteiger partial charge in [-0.2, -0.15) is 0 Å². The van der Waals surface area contributed by atoms with E-state index in [4.69, 9.17) is 0 Å². The van der Waals surface area contributed by atoms with E-state index in [2.05, 4.69) is 32.6 Å². The summed E-state index contributed by atoms with van der Waals surface area (Å²) in [6.45, 7) is 10.4. The van der Waals surface area contributed by atoms with Gasteiger partial charge in [-0.1, -0.05) is 6.92 Å². The van der Waals surface area contributed by atoms with Crippen molar-refractivity contribution in [3.63, 3.8) is 0 Å². The maximum atomic E-state index is 9.44. The Hall–Kier alpha value is -0.120. The lowest BCUT2D eigenvalue weighted by molar-refractivity contribution is -0.0516. The van der Waals surface area contributed by atoms with Crippen molar-refractivity contribution in [2.75, 3.05) is 13.2 Å². The van der Waals surface area contributed by atoms with E-state index in [9.17, 15) is 10.2 Å². The van der Waals surface area contributed by atoms with Gasteiger partial charge in [0.2, 0.25) is 0 Å². The fraction of sp³-hybridized carbons (Fsp3) is 1.00. The molecule has 0 fully saturated rings. The summed E-state index contributed by atoms with van der Waals surface area (Å²) < 4.78 is 0. The maximum absolute atomic E-state index is 9.44. The standard InChI is InChI=1S/C11H25NO2/c1-6-11(7-13,8-14)12(9(2)3)10(4)5/h9-10,13-14H,6-8H2,1-5H3. The number of hydrogen-bond acceptors (Lipinski definition) is 3. The van der Waals surface area contributed by atoms with Crippen LogP contribution in [0.5, 0.6) is 0 Å². The predicted octanol–water partition coefficient (Wildman–Crippen LogP) is 1.24. The topological polar surface area (TPSA) is 43.7 Å². The van der Waals surface area contributed by atoms with Gasteiger partial charge in [-0.15, -0.1) is 0 Å². The minimum absolute atomic E-state index is 0.0103. The van der Waals surface area contributed by atoms with Crippen LogP contribution in [0.25, 0.3) is 0 Å². The first-order valence-electron chi connectivity index (χ1n) is 5.45. The van der Waals surface area contributed by atoms with Crippen molar-refractivity contribution in [3.05, 3.63) is 0 Å². The zero-order valence-electron chi connectivity index (χ0n) is 10.1. The molecule has 0 aromatic heterocycles. The highest BCUT2D eigenvalue weighted by molar-refractivity contribution is 4.92. The molecule has 14 heavy (non-hydrogen) atoms. The van der Waals surface area contributed by atoms with E-state index in [1.54, 1.807) is 0 Å². The average molecular weight is 203 g/mol. The summed E-state index contributed by atoms with van der Waals surface area (Å²) in [7, 11) is 0. The van der Waals surface area contributed by atoms with E-state index >= 15 is 0 Å². The van der Waals surface area contributed by atoms with Gasteiger partial charge in [0.25, 0.3) is 0 Å². The van der Waals surface area contributed by atoms with Gasteiger partial charge in [0.1, 0.15) is 0 Å². The van der Waals surface area contributed by atoms with Crippen molar-refractivity contribution in [1.82, 2.24) is 4.90 Å². The fourth-order valence-corrected chi connectivity index (χ4v) is 2.31. The van der Waals surface area contributed by atoms with E-state index in [0.29, 0.717) is 12.1 Å². The van der Waals surface area contributed by atoms with Gasteiger partial charge in [0.15, 0.2) is 0 Å². The summed E-state index contributed by atoms with van der Waals surface area (Å²) in [5, 5.41) is 18.9. The molecule has 86 valence electrons. The van der Waals surface area contributed by atoms with Crippen molar-refractivity contribution in [1.29, 1.82) is 0 Å². The number of aliphatic hydroxyl groups is 2. The summed E-state index contributed by atoms with van der Waals surface area (Å²) in [6.07, 6.45) is 0.760. The van der Waals surface area contributed by atoms with Crippen LogP contribution in [0.1, 0.15) is 41.0 Å². The first-order chi connectivity index (χ1) is 6.45. The molecule has 3 nitrogen and oxygen atoms in total. The molecule has 0 radical (unpaired) electrons. The van der Waals surface area contributed by atoms with Crippen LogP contribution in [-0.2, 0) is 0 Å². The molecule has 0 heterocycles. The molecule has 0 aliphatic rings. The molecule has 0 aromatic rings. The van der Waals surface area contributed by atoms with Gasteiger partial charge in [-0.25, -0.2) is 0 Å². The van der Waals surface area contributed by atoms with Gasteiger partial charge in [-0.3, -0.25) is 4.90 Å². The molecule has 0 unspecified atom stereocenters. The Balaban J connectivity index is 4.90. The van der Waals surface area contributed by atoms with Crippen LogP contribution in [0.15, 0.2) is 0 Å². The van der Waals surface area contributed by atoms with E-state index < -0.39 is 5.54 Å². The molecule has 2 N–H and O–H groups in total. The molecule has 0 bridgehead atoms. The maximum Gasteiger partial charge on any atom is 0.0674 e. The van der Waals surface area contributed by atoms with Gasteiger partial charge in [-0.05, 0) is 34.1 Å². The Kier molecular flexibility index (Phi) is 5.64. The number of aliphatic hydroxyl groups excluding tert-OH is 2. The van der Waals surface area contributed by atoms with Crippen LogP contribution >= 0.6 is 0 Å². The molecule has 0 rings (SSSR count). The Bertz CT molecular complexity index is 137. The third kappa shape index (κ3) is 2.69. The van der Waals surface area contributed by atoms with Crippen LogP contribution < -0.4 is 0 Å². The minimum atomic E-state index is -0.470. The summed E-state index contributed by atoms with van der Waals surface area (Å²) in [4.78, 5) is 2.19. The highest BCUT2D eigenvalue weighted by atomic mass is 16.3. The first kappa shape index (κ1) is 13.9. The summed E-state index contributed by atoms with van der Waals surface area (Å²) in [6, 6.07) is 0.656. The highest BCUT2D eigenvalue weighted by Gasteiger charge is 2.37. The zero-order chi connectivity index (χ0) is 11.4. The van der Waals surface area contributed by atoms with Crippen molar-refractivity contribution >= 4 is 0 Å². The van der Waals surface area contributed by atoms with E-state index in [-0.39, 0.29) is 13.2 Å². The van der Waals surface area contributed by atoms with Crippen molar-refractivity contribution in [2.24, 2.45) is 0 Å². The zero-order valence-corrected chi connectivity index (χ0v) is 10.1. The molecule has 0 amide bonds. The molecule has 0 saturated heterocycles. The van der Waals surface area contributed by atoms with Crippen LogP contribution in [0.4, 0.5) is 0 Å². The van der Waals surface area contributed by atoms with Gasteiger partial charge >= 0.3 is 0 Å². The lowest BCUT2D eigenvalue weighted by atomic mass is 9.92. The average Bonchev–Trinajstić information content (AvgIpc) is 2.12. The Morgan fingerprint density at radius 1 is 1.00 bits per heavy atom. The van der Waals surface area contributed by atoms with Crippen molar-refractivity contribution in [3.8, 4) is 0 Å². The van der Waals surface area contributed by atoms with Gasteiger partial charge in [0, 0.05) is 12.1 Å². The lowest BCUT2D eigenvalue weighted by Crippen LogP contribution is -2.59. The molecule has 0 aliphatic heterocycles. The van der Waals surface area contributed by atoms with E-state index in [1.807, 2.05) is 6.92 Å². The number of rotatable bonds is 6. The normalized spacial score (nSPS) is 13.3. The molecule has 0 aromatic carbocycles. The third-order valence-electron chi connectivity index (χ3n) is 2.91. The van der Waals surface area contributed by atoms with Gasteiger partial charge < -0.3 is 10.2 Å². The highest BCUT2D eigenvalue weighted by Crippen LogP contribution is 2.24. The minimum Gasteiger partial charge on any atom is -0.394 e. The predicted molar refractivity (Wildman–Crippen MR) is 59.3 cm³/mol. The molecule has 0 atom stereocenters. The van der Waals surface area contributed by atoms with Crippen molar-refractivity contribution in [2.45, 2.75) is 58.7 Å². The van der Waals surface area contributed by atoms with Crippen LogP contribution in [0.2, 0.25) is 0 Å². The Labute approximate surface area is 87.7 Å². The SMILES string of the molecule is CCC(CO)(CO)N(C(C)C)C(C)C. The largest absolute Gasteiger partial charge is 0.394 e. The fourth-order valence-electron chi connectivity index (χ4n) is 2.31. The summed E-state index contributed by atoms with van der Waals surface area (Å²) in [5.41, 5.74) is -0.470. The van der Waals surface area contributed by atoms with Crippen LogP contribution in [0.3, 0.4) is 0 Å². The number of hydrogen-bond donors (Lipinski definition) is 2. The molecule has 0 aliphatic carbocycles. The molecular weight excluding hydrogens is 178 g/mol. The summed E-state index contributed by atoms with van der Waals surface area (Å²) in [5.74, 6) is 0. The Morgan fingerprint density at radius 2 is 1.36 bits per heavy atom. The van der Waals surface area contributed by atoms with Gasteiger partial charge in [0.05, 0.1) is 18.8 Å². The second kappa shape index (κ2) is 5.69. The lowest BCUT2D eigenvalue weighted by Gasteiger charge is -2.46. The van der Waals surface area contributed by atoms with Crippen LogP contribution in [-0.4, -0.2) is 45.9 Å². The third-order valence-corrected chi connectivity index (χ3v) is 2.91.